The first kappa shape index (κ1) is 15.9. The van der Waals surface area contributed by atoms with Gasteiger partial charge in [0.2, 0.25) is 12.0 Å². The van der Waals surface area contributed by atoms with E-state index in [1.165, 1.54) is 4.90 Å². The van der Waals surface area contributed by atoms with E-state index < -0.39 is 6.10 Å². The zero-order valence-electron chi connectivity index (χ0n) is 14.1. The minimum Gasteiger partial charge on any atom is -0.485 e. The highest BCUT2D eigenvalue weighted by molar-refractivity contribution is 5.82. The van der Waals surface area contributed by atoms with Crippen molar-refractivity contribution in [2.75, 3.05) is 32.8 Å². The number of fused-ring (bicyclic) bond motifs is 1. The number of rotatable bonds is 3. The van der Waals surface area contributed by atoms with E-state index in [9.17, 15) is 4.79 Å². The summed E-state index contributed by atoms with van der Waals surface area (Å²) in [6, 6.07) is 7.42. The number of hydrogen-bond acceptors (Lipinski definition) is 6. The molecule has 0 unspecified atom stereocenters. The lowest BCUT2D eigenvalue weighted by atomic mass is 10.2. The summed E-state index contributed by atoms with van der Waals surface area (Å²) in [4.78, 5) is 15.9. The Balaban J connectivity index is 1.31. The summed E-state index contributed by atoms with van der Waals surface area (Å²) in [6.07, 6.45) is -0.574. The normalized spacial score (nSPS) is 20.5. The summed E-state index contributed by atoms with van der Waals surface area (Å²) in [5.74, 6) is 2.53. The first-order chi connectivity index (χ1) is 12.2. The lowest BCUT2D eigenvalue weighted by Gasteiger charge is -2.34. The minimum absolute atomic E-state index is 0.0119. The Morgan fingerprint density at radius 3 is 2.72 bits per heavy atom. The number of nitrogens with zero attached hydrogens (tertiary/aromatic N) is 3. The Morgan fingerprint density at radius 1 is 1.24 bits per heavy atom. The molecule has 132 valence electrons. The number of piperazine rings is 1. The van der Waals surface area contributed by atoms with E-state index >= 15 is 0 Å². The van der Waals surface area contributed by atoms with Crippen LogP contribution in [0.25, 0.3) is 0 Å². The van der Waals surface area contributed by atoms with Gasteiger partial charge in [-0.1, -0.05) is 12.1 Å². The van der Waals surface area contributed by atoms with Gasteiger partial charge in [0.1, 0.15) is 6.61 Å². The fourth-order valence-corrected chi connectivity index (χ4v) is 3.19. The highest BCUT2D eigenvalue weighted by Gasteiger charge is 2.33. The first-order valence-corrected chi connectivity index (χ1v) is 8.49. The largest absolute Gasteiger partial charge is 0.485 e. The summed E-state index contributed by atoms with van der Waals surface area (Å²) >= 11 is 0. The number of carbonyl (C=O) groups is 1. The van der Waals surface area contributed by atoms with Crippen LogP contribution in [-0.4, -0.2) is 59.9 Å². The van der Waals surface area contributed by atoms with Crippen molar-refractivity contribution in [3.8, 4) is 11.5 Å². The molecule has 2 aliphatic heterocycles. The lowest BCUT2D eigenvalue weighted by molar-refractivity contribution is -0.918. The monoisotopic (exact) mass is 345 g/mol. The molecule has 1 saturated heterocycles. The number of quaternary nitrogens is 1. The van der Waals surface area contributed by atoms with E-state index in [1.807, 2.05) is 29.2 Å². The predicted molar refractivity (Wildman–Crippen MR) is 86.4 cm³/mol. The van der Waals surface area contributed by atoms with Crippen molar-refractivity contribution in [1.82, 2.24) is 15.1 Å². The van der Waals surface area contributed by atoms with Crippen LogP contribution in [0.1, 0.15) is 11.8 Å². The fraction of sp³-hybridized carbons (Fsp3) is 0.471. The van der Waals surface area contributed by atoms with Gasteiger partial charge in [-0.2, -0.15) is 0 Å². The van der Waals surface area contributed by atoms with Gasteiger partial charge >= 0.3 is 0 Å². The van der Waals surface area contributed by atoms with Crippen LogP contribution in [0.3, 0.4) is 0 Å². The number of benzene rings is 1. The van der Waals surface area contributed by atoms with Gasteiger partial charge < -0.3 is 23.7 Å². The Kier molecular flexibility index (Phi) is 4.27. The summed E-state index contributed by atoms with van der Waals surface area (Å²) in [5, 5.41) is 7.88. The molecule has 1 amide bonds. The number of aromatic nitrogens is 2. The molecule has 1 atom stereocenters. The third-order valence-electron chi connectivity index (χ3n) is 4.54. The van der Waals surface area contributed by atoms with Crippen molar-refractivity contribution in [2.24, 2.45) is 0 Å². The molecule has 8 nitrogen and oxygen atoms in total. The number of carbonyl (C=O) groups excluding carboxylic acids is 1. The van der Waals surface area contributed by atoms with Gasteiger partial charge in [0, 0.05) is 6.92 Å². The highest BCUT2D eigenvalue weighted by Crippen LogP contribution is 2.31. The molecule has 8 heteroatoms. The second-order valence-electron chi connectivity index (χ2n) is 6.33. The summed E-state index contributed by atoms with van der Waals surface area (Å²) in [5.41, 5.74) is 0. The Labute approximate surface area is 145 Å². The molecule has 0 radical (unpaired) electrons. The zero-order valence-corrected chi connectivity index (χ0v) is 14.1. The summed E-state index contributed by atoms with van der Waals surface area (Å²) < 4.78 is 16.9. The van der Waals surface area contributed by atoms with Gasteiger partial charge in [0.05, 0.1) is 26.2 Å². The lowest BCUT2D eigenvalue weighted by Crippen LogP contribution is -3.13. The van der Waals surface area contributed by atoms with E-state index in [0.717, 1.165) is 13.1 Å². The predicted octanol–water partition coefficient (Wildman–Crippen LogP) is -0.555. The second kappa shape index (κ2) is 6.72. The molecule has 1 fully saturated rings. The quantitative estimate of drug-likeness (QED) is 0.804. The summed E-state index contributed by atoms with van der Waals surface area (Å²) in [7, 11) is 0. The van der Waals surface area contributed by atoms with Gasteiger partial charge in [-0.15, -0.1) is 10.2 Å². The van der Waals surface area contributed by atoms with Crippen molar-refractivity contribution >= 4 is 5.91 Å². The van der Waals surface area contributed by atoms with E-state index in [0.29, 0.717) is 42.9 Å². The molecule has 0 saturated carbocycles. The molecule has 1 aromatic carbocycles. The molecule has 2 aromatic rings. The van der Waals surface area contributed by atoms with Gasteiger partial charge in [-0.05, 0) is 12.1 Å². The van der Waals surface area contributed by atoms with Gasteiger partial charge in [0.25, 0.3) is 11.8 Å². The molecule has 25 heavy (non-hydrogen) atoms. The van der Waals surface area contributed by atoms with E-state index in [2.05, 4.69) is 10.2 Å². The van der Waals surface area contributed by atoms with Crippen LogP contribution in [0, 0.1) is 6.92 Å². The topological polar surface area (TPSA) is 82.1 Å². The van der Waals surface area contributed by atoms with Crippen molar-refractivity contribution in [3.05, 3.63) is 36.0 Å². The fourth-order valence-electron chi connectivity index (χ4n) is 3.19. The van der Waals surface area contributed by atoms with E-state index in [-0.39, 0.29) is 12.5 Å². The molecular weight excluding hydrogens is 324 g/mol. The Morgan fingerprint density at radius 2 is 2.00 bits per heavy atom. The molecule has 1 N–H and O–H groups in total. The van der Waals surface area contributed by atoms with Crippen molar-refractivity contribution < 1.29 is 23.6 Å². The number of ether oxygens (including phenoxy) is 2. The van der Waals surface area contributed by atoms with E-state index in [4.69, 9.17) is 13.9 Å². The molecule has 0 spiro atoms. The van der Waals surface area contributed by atoms with Crippen LogP contribution < -0.4 is 14.4 Å². The van der Waals surface area contributed by atoms with Crippen LogP contribution in [0.2, 0.25) is 0 Å². The average Bonchev–Trinajstić information content (AvgIpc) is 3.06. The van der Waals surface area contributed by atoms with Gasteiger partial charge in [-0.3, -0.25) is 4.79 Å². The zero-order chi connectivity index (χ0) is 17.2. The average molecular weight is 345 g/mol. The number of nitrogens with one attached hydrogen (secondary N) is 1. The maximum Gasteiger partial charge on any atom is 0.271 e. The third kappa shape index (κ3) is 3.43. The summed E-state index contributed by atoms with van der Waals surface area (Å²) in [6.45, 7) is 5.79. The van der Waals surface area contributed by atoms with Crippen LogP contribution >= 0.6 is 0 Å². The smallest absolute Gasteiger partial charge is 0.271 e. The molecule has 1 aromatic heterocycles. The van der Waals surface area contributed by atoms with Crippen molar-refractivity contribution in [1.29, 1.82) is 0 Å². The first-order valence-electron chi connectivity index (χ1n) is 8.49. The molecule has 4 rings (SSSR count). The molecule has 0 aliphatic carbocycles. The van der Waals surface area contributed by atoms with Gasteiger partial charge in [-0.25, -0.2) is 0 Å². The molecule has 0 bridgehead atoms. The number of amides is 1. The van der Waals surface area contributed by atoms with Gasteiger partial charge in [0.15, 0.2) is 18.0 Å². The SMILES string of the molecule is Cc1nnc(C[NH+]2CCN(C(=O)[C@H]3COc4ccccc4O3)CC2)o1. The van der Waals surface area contributed by atoms with Crippen LogP contribution in [0.15, 0.2) is 28.7 Å². The molecule has 3 heterocycles. The van der Waals surface area contributed by atoms with E-state index in [1.54, 1.807) is 6.92 Å². The second-order valence-corrected chi connectivity index (χ2v) is 6.33. The number of para-hydroxylation sites is 2. The third-order valence-corrected chi connectivity index (χ3v) is 4.54. The molecular formula is C17H21N4O4+. The molecule has 2 aliphatic rings. The minimum atomic E-state index is -0.574. The maximum absolute atomic E-state index is 12.7. The number of aryl methyl sites for hydroxylation is 1. The Hall–Kier alpha value is -2.61. The Bertz CT molecular complexity index is 755. The van der Waals surface area contributed by atoms with Crippen molar-refractivity contribution in [3.63, 3.8) is 0 Å². The standard InChI is InChI=1S/C17H20N4O4/c1-12-18-19-16(24-12)10-20-6-8-21(9-7-20)17(22)15-11-23-13-4-2-3-5-14(13)25-15/h2-5,15H,6-11H2,1H3/p+1/t15-/m1/s1. The number of hydrogen-bond donors (Lipinski definition) is 1. The van der Waals surface area contributed by atoms with Crippen LogP contribution in [0.4, 0.5) is 0 Å². The van der Waals surface area contributed by atoms with Crippen LogP contribution in [-0.2, 0) is 11.3 Å². The van der Waals surface area contributed by atoms with Crippen molar-refractivity contribution in [2.45, 2.75) is 19.6 Å². The van der Waals surface area contributed by atoms with Crippen LogP contribution in [0.5, 0.6) is 11.5 Å². The maximum atomic E-state index is 12.7. The highest BCUT2D eigenvalue weighted by atomic mass is 16.6.